The van der Waals surface area contributed by atoms with Crippen LogP contribution < -0.4 is 5.32 Å². The Kier molecular flexibility index (Phi) is 10.7. The molecule has 3 rings (SSSR count). The first-order chi connectivity index (χ1) is 17.5. The van der Waals surface area contributed by atoms with Crippen molar-refractivity contribution in [2.24, 2.45) is 0 Å². The molecule has 0 saturated carbocycles. The molecule has 0 unspecified atom stereocenters. The van der Waals surface area contributed by atoms with Gasteiger partial charge in [-0.2, -0.15) is 0 Å². The monoisotopic (exact) mass is 496 g/mol. The third kappa shape index (κ3) is 7.29. The highest BCUT2D eigenvalue weighted by Gasteiger charge is 2.27. The van der Waals surface area contributed by atoms with Crippen molar-refractivity contribution in [1.82, 2.24) is 14.7 Å². The van der Waals surface area contributed by atoms with E-state index < -0.39 is 6.09 Å². The summed E-state index contributed by atoms with van der Waals surface area (Å²) in [7, 11) is 1.73. The van der Waals surface area contributed by atoms with E-state index in [9.17, 15) is 9.59 Å². The van der Waals surface area contributed by atoms with Crippen LogP contribution in [0.3, 0.4) is 0 Å². The molecular weight excluding hydrogens is 456 g/mol. The normalized spacial score (nSPS) is 15.3. The number of rotatable bonds is 11. The summed E-state index contributed by atoms with van der Waals surface area (Å²) >= 11 is 0. The van der Waals surface area contributed by atoms with Crippen molar-refractivity contribution >= 4 is 17.7 Å². The third-order valence-corrected chi connectivity index (χ3v) is 6.63. The molecule has 1 heterocycles. The Morgan fingerprint density at radius 3 is 2.28 bits per heavy atom. The van der Waals surface area contributed by atoms with Crippen LogP contribution in [-0.4, -0.2) is 92.8 Å². The second-order valence-corrected chi connectivity index (χ2v) is 8.84. The van der Waals surface area contributed by atoms with Gasteiger partial charge in [-0.05, 0) is 56.2 Å². The fourth-order valence-electron chi connectivity index (χ4n) is 4.65. The number of piperazine rings is 1. The van der Waals surface area contributed by atoms with Crippen LogP contribution in [-0.2, 0) is 9.47 Å². The SMILES string of the molecule is CCOC(=O)Nc1cccc([C@@H](c2ccc(C(=O)N(CC)CC)cc2)N2CCN(CCOC)CC2)c1. The number of methoxy groups -OCH3 is 1. The van der Waals surface area contributed by atoms with E-state index in [1.165, 1.54) is 0 Å². The first kappa shape index (κ1) is 27.6. The van der Waals surface area contributed by atoms with E-state index in [1.54, 1.807) is 14.0 Å². The molecule has 0 aromatic heterocycles. The third-order valence-electron chi connectivity index (χ3n) is 6.63. The van der Waals surface area contributed by atoms with Gasteiger partial charge in [0.05, 0.1) is 19.3 Å². The number of anilines is 1. The molecule has 1 aliphatic rings. The van der Waals surface area contributed by atoms with Crippen molar-refractivity contribution in [3.8, 4) is 0 Å². The lowest BCUT2D eigenvalue weighted by atomic mass is 9.95. The zero-order valence-corrected chi connectivity index (χ0v) is 22.0. The number of nitrogens with zero attached hydrogens (tertiary/aromatic N) is 3. The van der Waals surface area contributed by atoms with E-state index in [1.807, 2.05) is 49.1 Å². The summed E-state index contributed by atoms with van der Waals surface area (Å²) < 4.78 is 10.3. The highest BCUT2D eigenvalue weighted by atomic mass is 16.5. The van der Waals surface area contributed by atoms with Gasteiger partial charge in [-0.3, -0.25) is 19.9 Å². The molecule has 196 valence electrons. The molecule has 1 aliphatic heterocycles. The average Bonchev–Trinajstić information content (AvgIpc) is 2.90. The number of carbonyl (C=O) groups excluding carboxylic acids is 2. The van der Waals surface area contributed by atoms with Crippen molar-refractivity contribution < 1.29 is 19.1 Å². The summed E-state index contributed by atoms with van der Waals surface area (Å²) in [4.78, 5) is 31.5. The summed E-state index contributed by atoms with van der Waals surface area (Å²) in [5.74, 6) is 0.0514. The average molecular weight is 497 g/mol. The molecule has 36 heavy (non-hydrogen) atoms. The quantitative estimate of drug-likeness (QED) is 0.505. The van der Waals surface area contributed by atoms with Crippen molar-refractivity contribution in [2.45, 2.75) is 26.8 Å². The lowest BCUT2D eigenvalue weighted by molar-refractivity contribution is 0.0772. The van der Waals surface area contributed by atoms with Crippen LogP contribution in [0.4, 0.5) is 10.5 Å². The molecule has 1 saturated heterocycles. The van der Waals surface area contributed by atoms with Gasteiger partial charge in [0.15, 0.2) is 0 Å². The lowest BCUT2D eigenvalue weighted by Crippen LogP contribution is -2.48. The Morgan fingerprint density at radius 2 is 1.67 bits per heavy atom. The van der Waals surface area contributed by atoms with Gasteiger partial charge in [-0.25, -0.2) is 4.79 Å². The van der Waals surface area contributed by atoms with Crippen LogP contribution in [0.15, 0.2) is 48.5 Å². The Hall–Kier alpha value is -2.94. The molecule has 8 heteroatoms. The van der Waals surface area contributed by atoms with Crippen LogP contribution in [0.1, 0.15) is 48.3 Å². The van der Waals surface area contributed by atoms with E-state index in [4.69, 9.17) is 9.47 Å². The van der Waals surface area contributed by atoms with Crippen LogP contribution in [0.2, 0.25) is 0 Å². The first-order valence-electron chi connectivity index (χ1n) is 12.9. The molecule has 2 aromatic rings. The molecule has 1 N–H and O–H groups in total. The molecule has 0 bridgehead atoms. The number of ether oxygens (including phenoxy) is 2. The number of hydrogen-bond donors (Lipinski definition) is 1. The Balaban J connectivity index is 1.88. The van der Waals surface area contributed by atoms with Gasteiger partial charge in [0.2, 0.25) is 0 Å². The van der Waals surface area contributed by atoms with E-state index in [2.05, 4.69) is 33.3 Å². The van der Waals surface area contributed by atoms with Crippen molar-refractivity contribution in [2.75, 3.05) is 71.5 Å². The number of nitrogens with one attached hydrogen (secondary N) is 1. The van der Waals surface area contributed by atoms with E-state index >= 15 is 0 Å². The second kappa shape index (κ2) is 14.0. The number of carbonyl (C=O) groups is 2. The highest BCUT2D eigenvalue weighted by molar-refractivity contribution is 5.94. The van der Waals surface area contributed by atoms with Crippen molar-refractivity contribution in [3.63, 3.8) is 0 Å². The summed E-state index contributed by atoms with van der Waals surface area (Å²) in [6.45, 7) is 12.9. The van der Waals surface area contributed by atoms with Gasteiger partial charge < -0.3 is 14.4 Å². The standard InChI is InChI=1S/C28H40N4O4/c1-5-31(6-2)27(33)23-13-11-22(12-14-23)26(32-17-15-30(16-18-32)19-20-35-4)24-9-8-10-25(21-24)29-28(34)36-7-3/h8-14,21,26H,5-7,15-20H2,1-4H3,(H,29,34)/t26-/m1/s1. The maximum absolute atomic E-state index is 12.8. The minimum Gasteiger partial charge on any atom is -0.450 e. The fraction of sp³-hybridized carbons (Fsp3) is 0.500. The second-order valence-electron chi connectivity index (χ2n) is 8.84. The molecule has 0 spiro atoms. The van der Waals surface area contributed by atoms with Crippen LogP contribution in [0.5, 0.6) is 0 Å². The molecular formula is C28H40N4O4. The fourth-order valence-corrected chi connectivity index (χ4v) is 4.65. The van der Waals surface area contributed by atoms with E-state index in [0.29, 0.717) is 30.9 Å². The van der Waals surface area contributed by atoms with Crippen LogP contribution in [0.25, 0.3) is 0 Å². The van der Waals surface area contributed by atoms with Gasteiger partial charge in [0.25, 0.3) is 5.91 Å². The molecule has 0 aliphatic carbocycles. The maximum Gasteiger partial charge on any atom is 0.411 e. The highest BCUT2D eigenvalue weighted by Crippen LogP contribution is 2.31. The van der Waals surface area contributed by atoms with E-state index in [-0.39, 0.29) is 11.9 Å². The Labute approximate surface area is 215 Å². The molecule has 2 amide bonds. The maximum atomic E-state index is 12.8. The van der Waals surface area contributed by atoms with Gasteiger partial charge in [0.1, 0.15) is 0 Å². The van der Waals surface area contributed by atoms with Gasteiger partial charge in [-0.15, -0.1) is 0 Å². The topological polar surface area (TPSA) is 74.4 Å². The minimum absolute atomic E-state index is 0.00359. The number of benzene rings is 2. The first-order valence-corrected chi connectivity index (χ1v) is 12.9. The zero-order valence-electron chi connectivity index (χ0n) is 22.0. The number of hydrogen-bond acceptors (Lipinski definition) is 6. The van der Waals surface area contributed by atoms with Gasteiger partial charge >= 0.3 is 6.09 Å². The van der Waals surface area contributed by atoms with Crippen LogP contribution in [0, 0.1) is 0 Å². The molecule has 2 aromatic carbocycles. The zero-order chi connectivity index (χ0) is 25.9. The molecule has 1 fully saturated rings. The molecule has 0 radical (unpaired) electrons. The lowest BCUT2D eigenvalue weighted by Gasteiger charge is -2.40. The predicted molar refractivity (Wildman–Crippen MR) is 143 cm³/mol. The minimum atomic E-state index is -0.461. The van der Waals surface area contributed by atoms with Crippen molar-refractivity contribution in [3.05, 3.63) is 65.2 Å². The van der Waals surface area contributed by atoms with Gasteiger partial charge in [0, 0.05) is 64.2 Å². The number of amides is 2. The summed E-state index contributed by atoms with van der Waals surface area (Å²) in [6, 6.07) is 15.9. The Bertz CT molecular complexity index is 970. The largest absolute Gasteiger partial charge is 0.450 e. The predicted octanol–water partition coefficient (Wildman–Crippen LogP) is 4.09. The summed E-state index contributed by atoms with van der Waals surface area (Å²) in [6.07, 6.45) is -0.461. The smallest absolute Gasteiger partial charge is 0.411 e. The van der Waals surface area contributed by atoms with Gasteiger partial charge in [-0.1, -0.05) is 24.3 Å². The Morgan fingerprint density at radius 1 is 0.972 bits per heavy atom. The van der Waals surface area contributed by atoms with E-state index in [0.717, 1.165) is 50.5 Å². The van der Waals surface area contributed by atoms with Crippen LogP contribution >= 0.6 is 0 Å². The summed E-state index contributed by atoms with van der Waals surface area (Å²) in [5.41, 5.74) is 3.59. The summed E-state index contributed by atoms with van der Waals surface area (Å²) in [5, 5.41) is 2.82. The molecule has 8 nitrogen and oxygen atoms in total. The van der Waals surface area contributed by atoms with Crippen molar-refractivity contribution in [1.29, 1.82) is 0 Å². The molecule has 1 atom stereocenters.